The first-order valence-electron chi connectivity index (χ1n) is 18.8. The van der Waals surface area contributed by atoms with E-state index in [1.807, 2.05) is 13.0 Å². The highest BCUT2D eigenvalue weighted by Crippen LogP contribution is 2.27. The van der Waals surface area contributed by atoms with Crippen molar-refractivity contribution in [1.82, 2.24) is 0 Å². The van der Waals surface area contributed by atoms with Crippen molar-refractivity contribution in [1.29, 1.82) is 0 Å². The minimum absolute atomic E-state index is 0.00981. The minimum Gasteiger partial charge on any atom is -0.481 e. The maximum atomic E-state index is 11.8. The molecule has 4 saturated carbocycles. The van der Waals surface area contributed by atoms with E-state index in [4.69, 9.17) is 25.1 Å². The number of hydrogen-bond acceptors (Lipinski definition) is 8. The smallest absolute Gasteiger partial charge is 0.340 e. The van der Waals surface area contributed by atoms with Gasteiger partial charge < -0.3 is 25.1 Å². The van der Waals surface area contributed by atoms with Crippen molar-refractivity contribution in [3.63, 3.8) is 0 Å². The van der Waals surface area contributed by atoms with Crippen LogP contribution in [0.5, 0.6) is 0 Å². The van der Waals surface area contributed by atoms with Crippen molar-refractivity contribution in [3.05, 3.63) is 29.8 Å². The van der Waals surface area contributed by atoms with E-state index in [-0.39, 0.29) is 30.1 Å². The van der Waals surface area contributed by atoms with E-state index in [2.05, 4.69) is 0 Å². The SMILES string of the molecule is CC(=O)OC1CCCCC1.CCOC(=O)CC1CCCCC1.Nc1ccccc1C(=O)OC1CCCCC1.O=C(O)CC1CCCCC1. The number of para-hydroxylation sites is 1. The quantitative estimate of drug-likeness (QED) is 0.157. The van der Waals surface area contributed by atoms with Crippen LogP contribution in [0.4, 0.5) is 5.69 Å². The van der Waals surface area contributed by atoms with E-state index >= 15 is 0 Å². The maximum absolute atomic E-state index is 11.8. The Morgan fingerprint density at radius 1 is 0.667 bits per heavy atom. The molecule has 0 saturated heterocycles. The molecule has 0 aliphatic heterocycles. The predicted molar refractivity (Wildman–Crippen MR) is 188 cm³/mol. The Morgan fingerprint density at radius 2 is 1.10 bits per heavy atom. The fourth-order valence-electron chi connectivity index (χ4n) is 6.98. The van der Waals surface area contributed by atoms with E-state index in [0.29, 0.717) is 42.5 Å². The molecule has 0 aromatic heterocycles. The molecule has 0 unspecified atom stereocenters. The van der Waals surface area contributed by atoms with Crippen LogP contribution in [0, 0.1) is 11.8 Å². The summed E-state index contributed by atoms with van der Waals surface area (Å²) in [6.45, 7) is 3.86. The summed E-state index contributed by atoms with van der Waals surface area (Å²) in [4.78, 5) is 43.7. The molecule has 4 aliphatic carbocycles. The zero-order chi connectivity index (χ0) is 35.0. The summed E-state index contributed by atoms with van der Waals surface area (Å²) in [6.07, 6.45) is 25.2. The van der Waals surface area contributed by atoms with Gasteiger partial charge in [0.2, 0.25) is 0 Å². The number of carboxylic acid groups (broad SMARTS) is 1. The third-order valence-corrected chi connectivity index (χ3v) is 9.56. The van der Waals surface area contributed by atoms with Crippen molar-refractivity contribution < 1.29 is 38.5 Å². The Labute approximate surface area is 289 Å². The lowest BCUT2D eigenvalue weighted by Crippen LogP contribution is -2.21. The van der Waals surface area contributed by atoms with E-state index < -0.39 is 5.97 Å². The van der Waals surface area contributed by atoms with E-state index in [0.717, 1.165) is 51.4 Å². The monoisotopic (exact) mass is 673 g/mol. The minimum atomic E-state index is -0.632. The van der Waals surface area contributed by atoms with Crippen LogP contribution in [0.1, 0.15) is 165 Å². The van der Waals surface area contributed by atoms with Crippen LogP contribution in [0.2, 0.25) is 0 Å². The van der Waals surface area contributed by atoms with Crippen molar-refractivity contribution in [2.24, 2.45) is 11.8 Å². The molecule has 4 aliphatic rings. The average Bonchev–Trinajstić information content (AvgIpc) is 3.07. The molecular formula is C39H63NO8. The third-order valence-electron chi connectivity index (χ3n) is 9.56. The van der Waals surface area contributed by atoms with Gasteiger partial charge in [-0.1, -0.05) is 63.5 Å². The van der Waals surface area contributed by atoms with Gasteiger partial charge in [0.1, 0.15) is 12.2 Å². The van der Waals surface area contributed by atoms with Gasteiger partial charge in [-0.25, -0.2) is 4.79 Å². The lowest BCUT2D eigenvalue weighted by Gasteiger charge is -2.22. The average molecular weight is 674 g/mol. The van der Waals surface area contributed by atoms with Crippen LogP contribution < -0.4 is 5.73 Å². The number of esters is 3. The van der Waals surface area contributed by atoms with Gasteiger partial charge >= 0.3 is 23.9 Å². The summed E-state index contributed by atoms with van der Waals surface area (Å²) in [6, 6.07) is 7.04. The van der Waals surface area contributed by atoms with Gasteiger partial charge in [0, 0.05) is 25.5 Å². The highest BCUT2D eigenvalue weighted by atomic mass is 16.5. The number of rotatable bonds is 8. The van der Waals surface area contributed by atoms with Gasteiger partial charge in [-0.15, -0.1) is 0 Å². The van der Waals surface area contributed by atoms with Crippen molar-refractivity contribution in [2.45, 2.75) is 167 Å². The number of nitrogen functional groups attached to an aromatic ring is 1. The number of benzene rings is 1. The zero-order valence-electron chi connectivity index (χ0n) is 29.8. The van der Waals surface area contributed by atoms with Crippen LogP contribution >= 0.6 is 0 Å². The van der Waals surface area contributed by atoms with Crippen LogP contribution in [0.15, 0.2) is 24.3 Å². The van der Waals surface area contributed by atoms with Gasteiger partial charge in [-0.2, -0.15) is 0 Å². The Balaban J connectivity index is 0.000000227. The second-order valence-electron chi connectivity index (χ2n) is 13.7. The van der Waals surface area contributed by atoms with Crippen molar-refractivity contribution in [3.8, 4) is 0 Å². The number of ether oxygens (including phenoxy) is 3. The van der Waals surface area contributed by atoms with Gasteiger partial charge in [0.05, 0.1) is 12.2 Å². The van der Waals surface area contributed by atoms with E-state index in [9.17, 15) is 19.2 Å². The van der Waals surface area contributed by atoms with Gasteiger partial charge in [0.25, 0.3) is 0 Å². The highest BCUT2D eigenvalue weighted by Gasteiger charge is 2.20. The summed E-state index contributed by atoms with van der Waals surface area (Å²) in [5, 5.41) is 8.47. The number of carbonyl (C=O) groups is 4. The topological polar surface area (TPSA) is 142 Å². The molecule has 9 nitrogen and oxygen atoms in total. The number of hydrogen-bond donors (Lipinski definition) is 2. The summed E-state index contributed by atoms with van der Waals surface area (Å²) in [5.41, 5.74) is 6.69. The fraction of sp³-hybridized carbons (Fsp3) is 0.744. The van der Waals surface area contributed by atoms with E-state index in [1.54, 1.807) is 18.2 Å². The van der Waals surface area contributed by atoms with Gasteiger partial charge in [-0.3, -0.25) is 14.4 Å². The second-order valence-corrected chi connectivity index (χ2v) is 13.7. The standard InChI is InChI=1S/C13H17NO2.C10H18O2.2C8H14O2/c14-12-9-5-4-8-11(12)13(15)16-10-6-2-1-3-7-10;1-2-12-10(11)8-9-6-4-3-5-7-9;1-7(9)10-8-5-3-2-4-6-8;9-8(10)6-7-4-2-1-3-5-7/h4-5,8-10H,1-3,6-7,14H2;9H,2-8H2,1H3;8H,2-6H2,1H3;7H,1-6H2,(H,9,10). The molecule has 48 heavy (non-hydrogen) atoms. The summed E-state index contributed by atoms with van der Waals surface area (Å²) >= 11 is 0. The molecule has 1 aromatic rings. The van der Waals surface area contributed by atoms with Crippen LogP contribution in [0.3, 0.4) is 0 Å². The molecule has 0 heterocycles. The third kappa shape index (κ3) is 19.0. The molecule has 272 valence electrons. The summed E-state index contributed by atoms with van der Waals surface area (Å²) in [5.74, 6) is 0.0252. The summed E-state index contributed by atoms with van der Waals surface area (Å²) in [7, 11) is 0. The first-order valence-corrected chi connectivity index (χ1v) is 18.8. The molecule has 3 N–H and O–H groups in total. The highest BCUT2D eigenvalue weighted by molar-refractivity contribution is 5.95. The number of nitrogens with two attached hydrogens (primary N) is 1. The Morgan fingerprint density at radius 3 is 1.54 bits per heavy atom. The molecule has 0 amide bonds. The lowest BCUT2D eigenvalue weighted by molar-refractivity contribution is -0.148. The number of carboxylic acids is 1. The van der Waals surface area contributed by atoms with Gasteiger partial charge in [-0.05, 0) is 108 Å². The maximum Gasteiger partial charge on any atom is 0.340 e. The normalized spacial score (nSPS) is 19.0. The molecule has 4 fully saturated rings. The largest absolute Gasteiger partial charge is 0.481 e. The molecule has 0 atom stereocenters. The van der Waals surface area contributed by atoms with Crippen LogP contribution in [-0.2, 0) is 28.6 Å². The Bertz CT molecular complexity index is 1020. The summed E-state index contributed by atoms with van der Waals surface area (Å²) < 4.78 is 15.4. The van der Waals surface area contributed by atoms with Crippen LogP contribution in [-0.4, -0.2) is 47.8 Å². The molecule has 1 aromatic carbocycles. The van der Waals surface area contributed by atoms with Crippen LogP contribution in [0.25, 0.3) is 0 Å². The second kappa shape index (κ2) is 25.0. The molecule has 5 rings (SSSR count). The zero-order valence-corrected chi connectivity index (χ0v) is 29.8. The first-order chi connectivity index (χ1) is 23.2. The molecule has 0 radical (unpaired) electrons. The van der Waals surface area contributed by atoms with Crippen molar-refractivity contribution >= 4 is 29.6 Å². The number of carbonyl (C=O) groups excluding carboxylic acids is 3. The van der Waals surface area contributed by atoms with E-state index in [1.165, 1.54) is 84.0 Å². The lowest BCUT2D eigenvalue weighted by atomic mass is 9.87. The number of anilines is 1. The predicted octanol–water partition coefficient (Wildman–Crippen LogP) is 9.20. The molecule has 9 heteroatoms. The molecule has 0 spiro atoms. The van der Waals surface area contributed by atoms with Gasteiger partial charge in [0.15, 0.2) is 0 Å². The molecule has 0 bridgehead atoms. The Hall–Kier alpha value is -3.10. The Kier molecular flexibility index (Phi) is 21.4. The fourth-order valence-corrected chi connectivity index (χ4v) is 6.98. The number of aliphatic carboxylic acids is 1. The van der Waals surface area contributed by atoms with Crippen molar-refractivity contribution in [2.75, 3.05) is 12.3 Å². The first kappa shape index (κ1) is 41.1. The molecular weight excluding hydrogens is 610 g/mol.